The number of benzene rings is 2. The van der Waals surface area contributed by atoms with Gasteiger partial charge in [0.2, 0.25) is 5.95 Å². The summed E-state index contributed by atoms with van der Waals surface area (Å²) in [5, 5.41) is 4.38. The van der Waals surface area contributed by atoms with Crippen LogP contribution in [-0.4, -0.2) is 9.97 Å². The summed E-state index contributed by atoms with van der Waals surface area (Å²) in [6.07, 6.45) is 1.84. The first kappa shape index (κ1) is 13.5. The smallest absolute Gasteiger partial charge is 0.223 e. The monoisotopic (exact) mass is 278 g/mol. The molecule has 0 aliphatic rings. The molecule has 0 saturated carbocycles. The molecule has 0 aliphatic heterocycles. The minimum absolute atomic E-state index is 0.137. The van der Waals surface area contributed by atoms with Crippen LogP contribution >= 0.6 is 0 Å². The predicted molar refractivity (Wildman–Crippen MR) is 85.9 cm³/mol. The standard InChI is InChI=1S/C17H18N4/c1-12(14-8-6-13(10-18)7-9-14)20-17-19-11-15-4-2-3-5-16(15)21-17/h2-9,11-12H,10,18H2,1H3,(H,19,20,21). The minimum Gasteiger partial charge on any atom is -0.348 e. The second-order valence-corrected chi connectivity index (χ2v) is 5.06. The van der Waals surface area contributed by atoms with Crippen molar-refractivity contribution >= 4 is 16.9 Å². The van der Waals surface area contributed by atoms with E-state index in [4.69, 9.17) is 5.73 Å². The van der Waals surface area contributed by atoms with Gasteiger partial charge in [0, 0.05) is 18.1 Å². The fourth-order valence-electron chi connectivity index (χ4n) is 2.26. The van der Waals surface area contributed by atoms with Crippen LogP contribution in [0.1, 0.15) is 24.1 Å². The number of hydrogen-bond acceptors (Lipinski definition) is 4. The first-order valence-electron chi connectivity index (χ1n) is 7.03. The first-order valence-corrected chi connectivity index (χ1v) is 7.03. The van der Waals surface area contributed by atoms with E-state index in [0.29, 0.717) is 12.5 Å². The fraction of sp³-hybridized carbons (Fsp3) is 0.176. The summed E-state index contributed by atoms with van der Waals surface area (Å²) in [4.78, 5) is 8.90. The van der Waals surface area contributed by atoms with Crippen molar-refractivity contribution in [3.63, 3.8) is 0 Å². The number of anilines is 1. The molecule has 3 aromatic rings. The highest BCUT2D eigenvalue weighted by Crippen LogP contribution is 2.19. The Morgan fingerprint density at radius 2 is 1.86 bits per heavy atom. The molecule has 4 nitrogen and oxygen atoms in total. The van der Waals surface area contributed by atoms with Crippen molar-refractivity contribution in [1.82, 2.24) is 9.97 Å². The molecule has 2 aromatic carbocycles. The maximum Gasteiger partial charge on any atom is 0.223 e. The maximum absolute atomic E-state index is 5.62. The SMILES string of the molecule is CC(Nc1ncc2ccccc2n1)c1ccc(CN)cc1. The summed E-state index contributed by atoms with van der Waals surface area (Å²) in [5.74, 6) is 0.643. The van der Waals surface area contributed by atoms with Crippen LogP contribution in [0.15, 0.2) is 54.7 Å². The molecule has 106 valence electrons. The van der Waals surface area contributed by atoms with E-state index in [1.54, 1.807) is 0 Å². The molecule has 0 bridgehead atoms. The summed E-state index contributed by atoms with van der Waals surface area (Å²) in [7, 11) is 0. The Morgan fingerprint density at radius 3 is 2.62 bits per heavy atom. The largest absolute Gasteiger partial charge is 0.348 e. The minimum atomic E-state index is 0.137. The molecule has 0 radical (unpaired) electrons. The van der Waals surface area contributed by atoms with Crippen LogP contribution < -0.4 is 11.1 Å². The van der Waals surface area contributed by atoms with Crippen molar-refractivity contribution in [3.05, 3.63) is 65.9 Å². The lowest BCUT2D eigenvalue weighted by atomic mass is 10.1. The molecule has 3 rings (SSSR count). The molecule has 0 aliphatic carbocycles. The second-order valence-electron chi connectivity index (χ2n) is 5.06. The van der Waals surface area contributed by atoms with Gasteiger partial charge in [-0.2, -0.15) is 0 Å². The van der Waals surface area contributed by atoms with E-state index in [1.807, 2.05) is 30.5 Å². The van der Waals surface area contributed by atoms with Gasteiger partial charge in [-0.25, -0.2) is 9.97 Å². The van der Waals surface area contributed by atoms with Crippen molar-refractivity contribution in [2.24, 2.45) is 5.73 Å². The van der Waals surface area contributed by atoms with Crippen LogP contribution in [0.5, 0.6) is 0 Å². The molecule has 1 heterocycles. The number of fused-ring (bicyclic) bond motifs is 1. The number of rotatable bonds is 4. The lowest BCUT2D eigenvalue weighted by molar-refractivity contribution is 0.861. The Kier molecular flexibility index (Phi) is 3.79. The lowest BCUT2D eigenvalue weighted by Crippen LogP contribution is -2.09. The Labute approximate surface area is 124 Å². The molecule has 0 saturated heterocycles. The van der Waals surface area contributed by atoms with Crippen LogP contribution in [0.2, 0.25) is 0 Å². The van der Waals surface area contributed by atoms with Crippen molar-refractivity contribution in [2.45, 2.75) is 19.5 Å². The number of aromatic nitrogens is 2. The Hall–Kier alpha value is -2.46. The molecule has 0 fully saturated rings. The summed E-state index contributed by atoms with van der Waals surface area (Å²) in [6, 6.07) is 16.4. The fourth-order valence-corrected chi connectivity index (χ4v) is 2.26. The molecule has 1 aromatic heterocycles. The van der Waals surface area contributed by atoms with E-state index < -0.39 is 0 Å². The third-order valence-electron chi connectivity index (χ3n) is 3.55. The molecule has 0 spiro atoms. The van der Waals surface area contributed by atoms with E-state index in [2.05, 4.69) is 46.5 Å². The van der Waals surface area contributed by atoms with Gasteiger partial charge in [-0.05, 0) is 24.1 Å². The van der Waals surface area contributed by atoms with Crippen molar-refractivity contribution < 1.29 is 0 Å². The number of nitrogens with one attached hydrogen (secondary N) is 1. The average molecular weight is 278 g/mol. The average Bonchev–Trinajstić information content (AvgIpc) is 2.55. The van der Waals surface area contributed by atoms with Crippen molar-refractivity contribution in [1.29, 1.82) is 0 Å². The Balaban J connectivity index is 1.79. The van der Waals surface area contributed by atoms with Gasteiger partial charge in [0.05, 0.1) is 11.6 Å². The third-order valence-corrected chi connectivity index (χ3v) is 3.55. The van der Waals surface area contributed by atoms with E-state index >= 15 is 0 Å². The summed E-state index contributed by atoms with van der Waals surface area (Å²) in [5.41, 5.74) is 8.88. The van der Waals surface area contributed by atoms with Crippen LogP contribution in [0.3, 0.4) is 0 Å². The zero-order chi connectivity index (χ0) is 14.7. The number of hydrogen-bond donors (Lipinski definition) is 2. The van der Waals surface area contributed by atoms with Crippen LogP contribution in [0.25, 0.3) is 10.9 Å². The molecule has 21 heavy (non-hydrogen) atoms. The predicted octanol–water partition coefficient (Wildman–Crippen LogP) is 3.26. The van der Waals surface area contributed by atoms with Gasteiger partial charge in [-0.1, -0.05) is 42.5 Å². The highest BCUT2D eigenvalue weighted by molar-refractivity contribution is 5.78. The lowest BCUT2D eigenvalue weighted by Gasteiger charge is -2.14. The Bertz CT molecular complexity index is 737. The number of nitrogens with zero attached hydrogens (tertiary/aromatic N) is 2. The highest BCUT2D eigenvalue weighted by Gasteiger charge is 2.07. The van der Waals surface area contributed by atoms with Gasteiger partial charge in [0.1, 0.15) is 0 Å². The summed E-state index contributed by atoms with van der Waals surface area (Å²) < 4.78 is 0. The van der Waals surface area contributed by atoms with Gasteiger partial charge in [0.15, 0.2) is 0 Å². The molecular weight excluding hydrogens is 260 g/mol. The van der Waals surface area contributed by atoms with E-state index in [9.17, 15) is 0 Å². The third kappa shape index (κ3) is 3.01. The van der Waals surface area contributed by atoms with Gasteiger partial charge in [-0.3, -0.25) is 0 Å². The highest BCUT2D eigenvalue weighted by atomic mass is 15.1. The number of para-hydroxylation sites is 1. The maximum atomic E-state index is 5.62. The van der Waals surface area contributed by atoms with Crippen molar-refractivity contribution in [2.75, 3.05) is 5.32 Å². The summed E-state index contributed by atoms with van der Waals surface area (Å²) in [6.45, 7) is 2.66. The van der Waals surface area contributed by atoms with E-state index in [-0.39, 0.29) is 6.04 Å². The first-order chi connectivity index (χ1) is 10.3. The zero-order valence-electron chi connectivity index (χ0n) is 12.0. The molecule has 3 N–H and O–H groups in total. The number of nitrogens with two attached hydrogens (primary N) is 1. The van der Waals surface area contributed by atoms with Crippen LogP contribution in [0, 0.1) is 0 Å². The molecule has 4 heteroatoms. The van der Waals surface area contributed by atoms with E-state index in [0.717, 1.165) is 16.5 Å². The van der Waals surface area contributed by atoms with Gasteiger partial charge in [-0.15, -0.1) is 0 Å². The van der Waals surface area contributed by atoms with Crippen molar-refractivity contribution in [3.8, 4) is 0 Å². The normalized spacial score (nSPS) is 12.3. The quantitative estimate of drug-likeness (QED) is 0.769. The summed E-state index contributed by atoms with van der Waals surface area (Å²) >= 11 is 0. The van der Waals surface area contributed by atoms with Gasteiger partial charge >= 0.3 is 0 Å². The van der Waals surface area contributed by atoms with Crippen LogP contribution in [-0.2, 0) is 6.54 Å². The van der Waals surface area contributed by atoms with Crippen LogP contribution in [0.4, 0.5) is 5.95 Å². The van der Waals surface area contributed by atoms with E-state index in [1.165, 1.54) is 5.56 Å². The Morgan fingerprint density at radius 1 is 1.10 bits per heavy atom. The second kappa shape index (κ2) is 5.89. The zero-order valence-corrected chi connectivity index (χ0v) is 12.0. The molecule has 0 amide bonds. The molecule has 1 unspecified atom stereocenters. The molecular formula is C17H18N4. The van der Waals surface area contributed by atoms with Gasteiger partial charge < -0.3 is 11.1 Å². The molecule has 1 atom stereocenters. The topological polar surface area (TPSA) is 63.8 Å². The van der Waals surface area contributed by atoms with Gasteiger partial charge in [0.25, 0.3) is 0 Å².